The molecule has 0 spiro atoms. The summed E-state index contributed by atoms with van der Waals surface area (Å²) < 4.78 is 0. The Bertz CT molecular complexity index is 458. The Kier molecular flexibility index (Phi) is 4.57. The summed E-state index contributed by atoms with van der Waals surface area (Å²) in [6.45, 7) is 0.0785. The van der Waals surface area contributed by atoms with Crippen molar-refractivity contribution in [2.45, 2.75) is 31.3 Å². The monoisotopic (exact) mass is 282 g/mol. The van der Waals surface area contributed by atoms with Gasteiger partial charge >= 0.3 is 12.0 Å². The van der Waals surface area contributed by atoms with Crippen LogP contribution in [0, 0.1) is 0 Å². The topological polar surface area (TPSA) is 119 Å². The van der Waals surface area contributed by atoms with Crippen molar-refractivity contribution in [2.24, 2.45) is 0 Å². The average molecular weight is 282 g/mol. The third-order valence-corrected chi connectivity index (χ3v) is 3.16. The van der Waals surface area contributed by atoms with Gasteiger partial charge < -0.3 is 25.4 Å². The van der Waals surface area contributed by atoms with Gasteiger partial charge in [0.2, 0.25) is 0 Å². The van der Waals surface area contributed by atoms with Crippen LogP contribution in [-0.4, -0.2) is 62.3 Å². The number of aromatic nitrogens is 2. The molecule has 1 aliphatic rings. The summed E-state index contributed by atoms with van der Waals surface area (Å²) in [6, 6.07) is -1.36. The first-order valence-electron chi connectivity index (χ1n) is 6.50. The molecule has 0 aliphatic heterocycles. The van der Waals surface area contributed by atoms with Gasteiger partial charge in [-0.05, 0) is 12.8 Å². The third-order valence-electron chi connectivity index (χ3n) is 3.16. The summed E-state index contributed by atoms with van der Waals surface area (Å²) >= 11 is 0. The smallest absolute Gasteiger partial charge is 0.326 e. The fourth-order valence-electron chi connectivity index (χ4n) is 1.99. The first-order valence-corrected chi connectivity index (χ1v) is 6.50. The summed E-state index contributed by atoms with van der Waals surface area (Å²) in [6.07, 6.45) is 4.91. The molecule has 1 fully saturated rings. The number of nitrogens with zero attached hydrogens (tertiary/aromatic N) is 2. The molecule has 2 rings (SSSR count). The maximum absolute atomic E-state index is 12.1. The van der Waals surface area contributed by atoms with Crippen LogP contribution in [-0.2, 0) is 11.2 Å². The second kappa shape index (κ2) is 6.38. The maximum atomic E-state index is 12.1. The second-order valence-electron chi connectivity index (χ2n) is 4.77. The van der Waals surface area contributed by atoms with Crippen LogP contribution in [0.2, 0.25) is 0 Å². The molecular weight excluding hydrogens is 264 g/mol. The van der Waals surface area contributed by atoms with Crippen LogP contribution in [0.5, 0.6) is 0 Å². The summed E-state index contributed by atoms with van der Waals surface area (Å²) in [5, 5.41) is 20.6. The number of carboxylic acid groups (broad SMARTS) is 1. The minimum Gasteiger partial charge on any atom is -0.480 e. The quantitative estimate of drug-likeness (QED) is 0.541. The Morgan fingerprint density at radius 3 is 2.80 bits per heavy atom. The number of carbonyl (C=O) groups excluding carboxylic acids is 1. The van der Waals surface area contributed by atoms with Gasteiger partial charge in [0.25, 0.3) is 0 Å². The van der Waals surface area contributed by atoms with Crippen molar-refractivity contribution < 1.29 is 19.8 Å². The molecule has 8 heteroatoms. The van der Waals surface area contributed by atoms with E-state index in [0.717, 1.165) is 12.8 Å². The summed E-state index contributed by atoms with van der Waals surface area (Å²) in [4.78, 5) is 31.4. The molecule has 1 atom stereocenters. The zero-order valence-electron chi connectivity index (χ0n) is 11.0. The molecule has 0 bridgehead atoms. The number of urea groups is 1. The molecule has 4 N–H and O–H groups in total. The average Bonchev–Trinajstić information content (AvgIpc) is 3.12. The number of imidazole rings is 1. The van der Waals surface area contributed by atoms with Crippen LogP contribution in [0.4, 0.5) is 4.79 Å². The van der Waals surface area contributed by atoms with Crippen molar-refractivity contribution in [1.29, 1.82) is 0 Å². The van der Waals surface area contributed by atoms with Crippen LogP contribution in [0.1, 0.15) is 18.5 Å². The number of carboxylic acids is 1. The Hall–Kier alpha value is -2.09. The number of rotatable bonds is 7. The minimum absolute atomic E-state index is 0.115. The number of carbonyl (C=O) groups is 2. The fourth-order valence-corrected chi connectivity index (χ4v) is 1.99. The SMILES string of the molecule is O=C(O)C(Cc1cnc[nH]1)NC(=O)N(CCO)C1CC1. The minimum atomic E-state index is -1.10. The molecule has 20 heavy (non-hydrogen) atoms. The van der Waals surface area contributed by atoms with Gasteiger partial charge in [-0.25, -0.2) is 14.6 Å². The van der Waals surface area contributed by atoms with E-state index in [-0.39, 0.29) is 25.6 Å². The Balaban J connectivity index is 1.96. The van der Waals surface area contributed by atoms with Gasteiger partial charge in [-0.15, -0.1) is 0 Å². The molecule has 1 heterocycles. The maximum Gasteiger partial charge on any atom is 0.326 e. The van der Waals surface area contributed by atoms with Gasteiger partial charge in [0.05, 0.1) is 12.9 Å². The number of aromatic amines is 1. The van der Waals surface area contributed by atoms with Gasteiger partial charge in [0, 0.05) is 30.9 Å². The molecule has 1 aromatic rings. The number of aliphatic carboxylic acids is 1. The highest BCUT2D eigenvalue weighted by atomic mass is 16.4. The van der Waals surface area contributed by atoms with Crippen molar-refractivity contribution in [1.82, 2.24) is 20.2 Å². The zero-order chi connectivity index (χ0) is 14.5. The largest absolute Gasteiger partial charge is 0.480 e. The lowest BCUT2D eigenvalue weighted by molar-refractivity contribution is -0.139. The van der Waals surface area contributed by atoms with Gasteiger partial charge in [0.15, 0.2) is 0 Å². The molecule has 1 saturated carbocycles. The first kappa shape index (κ1) is 14.3. The molecule has 8 nitrogen and oxygen atoms in total. The van der Waals surface area contributed by atoms with E-state index in [9.17, 15) is 9.59 Å². The zero-order valence-corrected chi connectivity index (χ0v) is 11.0. The molecule has 1 aromatic heterocycles. The number of amides is 2. The van der Waals surface area contributed by atoms with E-state index in [1.165, 1.54) is 17.4 Å². The van der Waals surface area contributed by atoms with E-state index in [1.54, 1.807) is 0 Å². The molecule has 0 radical (unpaired) electrons. The molecule has 1 unspecified atom stereocenters. The Morgan fingerprint density at radius 1 is 1.55 bits per heavy atom. The summed E-state index contributed by atoms with van der Waals surface area (Å²) in [7, 11) is 0. The van der Waals surface area contributed by atoms with E-state index in [0.29, 0.717) is 5.69 Å². The van der Waals surface area contributed by atoms with Crippen molar-refractivity contribution in [2.75, 3.05) is 13.2 Å². The molecule has 0 saturated heterocycles. The third kappa shape index (κ3) is 3.70. The van der Waals surface area contributed by atoms with Gasteiger partial charge in [0.1, 0.15) is 6.04 Å². The number of aliphatic hydroxyl groups excluding tert-OH is 1. The van der Waals surface area contributed by atoms with Crippen LogP contribution >= 0.6 is 0 Å². The van der Waals surface area contributed by atoms with E-state index < -0.39 is 18.0 Å². The fraction of sp³-hybridized carbons (Fsp3) is 0.583. The van der Waals surface area contributed by atoms with Crippen molar-refractivity contribution in [3.8, 4) is 0 Å². The summed E-state index contributed by atoms with van der Waals surface area (Å²) in [5.41, 5.74) is 0.637. The molecule has 2 amide bonds. The standard InChI is InChI=1S/C12H18N4O4/c17-4-3-16(9-1-2-9)12(20)15-10(11(18)19)5-8-6-13-7-14-8/h6-7,9-10,17H,1-5H2,(H,13,14)(H,15,20)(H,18,19). The number of hydrogen-bond donors (Lipinski definition) is 4. The van der Waals surface area contributed by atoms with Crippen molar-refractivity contribution in [3.05, 3.63) is 18.2 Å². The van der Waals surface area contributed by atoms with E-state index in [4.69, 9.17) is 10.2 Å². The van der Waals surface area contributed by atoms with Gasteiger partial charge in [-0.1, -0.05) is 0 Å². The lowest BCUT2D eigenvalue weighted by atomic mass is 10.1. The van der Waals surface area contributed by atoms with Crippen molar-refractivity contribution >= 4 is 12.0 Å². The second-order valence-corrected chi connectivity index (χ2v) is 4.77. The van der Waals surface area contributed by atoms with Crippen LogP contribution < -0.4 is 5.32 Å². The molecular formula is C12H18N4O4. The van der Waals surface area contributed by atoms with Crippen LogP contribution in [0.25, 0.3) is 0 Å². The summed E-state index contributed by atoms with van der Waals surface area (Å²) in [5.74, 6) is -1.10. The predicted octanol–water partition coefficient (Wildman–Crippen LogP) is -0.428. The van der Waals surface area contributed by atoms with Gasteiger partial charge in [-0.3, -0.25) is 0 Å². The Labute approximate surface area is 115 Å². The van der Waals surface area contributed by atoms with E-state index in [2.05, 4.69) is 15.3 Å². The highest BCUT2D eigenvalue weighted by molar-refractivity contribution is 5.83. The Morgan fingerprint density at radius 2 is 2.30 bits per heavy atom. The van der Waals surface area contributed by atoms with E-state index in [1.807, 2.05) is 0 Å². The highest BCUT2D eigenvalue weighted by Gasteiger charge is 2.34. The highest BCUT2D eigenvalue weighted by Crippen LogP contribution is 2.26. The first-order chi connectivity index (χ1) is 9.61. The van der Waals surface area contributed by atoms with Crippen molar-refractivity contribution in [3.63, 3.8) is 0 Å². The normalized spacial score (nSPS) is 15.7. The number of H-pyrrole nitrogens is 1. The lowest BCUT2D eigenvalue weighted by Gasteiger charge is -2.24. The van der Waals surface area contributed by atoms with E-state index >= 15 is 0 Å². The molecule has 110 valence electrons. The number of aliphatic hydroxyl groups is 1. The number of nitrogens with one attached hydrogen (secondary N) is 2. The van der Waals surface area contributed by atoms with Gasteiger partial charge in [-0.2, -0.15) is 0 Å². The predicted molar refractivity (Wildman–Crippen MR) is 69.1 cm³/mol. The molecule has 1 aliphatic carbocycles. The van der Waals surface area contributed by atoms with Crippen LogP contribution in [0.15, 0.2) is 12.5 Å². The van der Waals surface area contributed by atoms with Crippen LogP contribution in [0.3, 0.4) is 0 Å². The lowest BCUT2D eigenvalue weighted by Crippen LogP contribution is -2.50. The molecule has 0 aromatic carbocycles. The number of hydrogen-bond acceptors (Lipinski definition) is 4.